The zero-order valence-electron chi connectivity index (χ0n) is 11.6. The van der Waals surface area contributed by atoms with E-state index in [4.69, 9.17) is 5.73 Å². The number of ketones is 1. The Balaban J connectivity index is 0.000000280. The Labute approximate surface area is 111 Å². The monoisotopic (exact) mass is 247 g/mol. The van der Waals surface area contributed by atoms with Crippen molar-refractivity contribution in [3.05, 3.63) is 35.9 Å². The fourth-order valence-electron chi connectivity index (χ4n) is 2.02. The van der Waals surface area contributed by atoms with Crippen LogP contribution in [0.15, 0.2) is 30.3 Å². The summed E-state index contributed by atoms with van der Waals surface area (Å²) in [5.41, 5.74) is 6.49. The number of Topliss-reactive ketones (excluding diaryl/α,β-unsaturated/α-hetero) is 1. The molecule has 0 heterocycles. The number of benzene rings is 1. The molecule has 0 bridgehead atoms. The smallest absolute Gasteiger partial charge is 0.140 e. The van der Waals surface area contributed by atoms with Crippen molar-refractivity contribution in [1.82, 2.24) is 0 Å². The van der Waals surface area contributed by atoms with Crippen LogP contribution in [0.2, 0.25) is 0 Å². The van der Waals surface area contributed by atoms with Crippen LogP contribution in [0.3, 0.4) is 0 Å². The van der Waals surface area contributed by atoms with Gasteiger partial charge >= 0.3 is 0 Å². The van der Waals surface area contributed by atoms with Gasteiger partial charge in [0.15, 0.2) is 0 Å². The van der Waals surface area contributed by atoms with Gasteiger partial charge in [-0.15, -0.1) is 0 Å². The van der Waals surface area contributed by atoms with Gasteiger partial charge < -0.3 is 5.73 Å². The molecule has 18 heavy (non-hydrogen) atoms. The van der Waals surface area contributed by atoms with Gasteiger partial charge in [-0.05, 0) is 31.7 Å². The molecule has 0 saturated heterocycles. The fourth-order valence-corrected chi connectivity index (χ4v) is 2.02. The van der Waals surface area contributed by atoms with E-state index >= 15 is 0 Å². The Morgan fingerprint density at radius 2 is 1.89 bits per heavy atom. The van der Waals surface area contributed by atoms with Crippen molar-refractivity contribution >= 4 is 5.78 Å². The third-order valence-electron chi connectivity index (χ3n) is 3.40. The van der Waals surface area contributed by atoms with E-state index in [0.717, 1.165) is 25.7 Å². The van der Waals surface area contributed by atoms with Crippen molar-refractivity contribution in [2.75, 3.05) is 0 Å². The van der Waals surface area contributed by atoms with Crippen molar-refractivity contribution in [2.45, 2.75) is 57.9 Å². The maximum absolute atomic E-state index is 11.6. The average molecular weight is 247 g/mol. The van der Waals surface area contributed by atoms with Crippen molar-refractivity contribution in [3.63, 3.8) is 0 Å². The van der Waals surface area contributed by atoms with Crippen LogP contribution in [0.5, 0.6) is 0 Å². The molecule has 1 saturated carbocycles. The van der Waals surface area contributed by atoms with Gasteiger partial charge in [-0.1, -0.05) is 43.7 Å². The molecule has 1 aromatic carbocycles. The van der Waals surface area contributed by atoms with Crippen LogP contribution in [0.1, 0.15) is 57.4 Å². The molecular formula is C16H25NO. The second kappa shape index (κ2) is 8.04. The van der Waals surface area contributed by atoms with Gasteiger partial charge in [-0.3, -0.25) is 4.79 Å². The minimum atomic E-state index is 0.190. The summed E-state index contributed by atoms with van der Waals surface area (Å²) in [7, 11) is 0. The Kier molecular flexibility index (Phi) is 6.66. The second-order valence-electron chi connectivity index (χ2n) is 5.06. The van der Waals surface area contributed by atoms with Crippen molar-refractivity contribution < 1.29 is 4.79 Å². The van der Waals surface area contributed by atoms with E-state index in [0.29, 0.717) is 11.8 Å². The van der Waals surface area contributed by atoms with Crippen LogP contribution < -0.4 is 5.73 Å². The summed E-state index contributed by atoms with van der Waals surface area (Å²) in [6.45, 7) is 4.07. The Morgan fingerprint density at radius 1 is 1.28 bits per heavy atom. The van der Waals surface area contributed by atoms with Gasteiger partial charge in [0.2, 0.25) is 0 Å². The predicted molar refractivity (Wildman–Crippen MR) is 76.6 cm³/mol. The van der Waals surface area contributed by atoms with Gasteiger partial charge in [0.25, 0.3) is 0 Å². The molecule has 1 aliphatic rings. The number of nitrogens with two attached hydrogens (primary N) is 1. The number of hydrogen-bond acceptors (Lipinski definition) is 2. The minimum Gasteiger partial charge on any atom is -0.328 e. The summed E-state index contributed by atoms with van der Waals surface area (Å²) < 4.78 is 0. The fraction of sp³-hybridized carbons (Fsp3) is 0.562. The molecule has 1 aromatic rings. The Morgan fingerprint density at radius 3 is 2.39 bits per heavy atom. The number of carbonyl (C=O) groups is 1. The first-order valence-electron chi connectivity index (χ1n) is 6.98. The van der Waals surface area contributed by atoms with Crippen LogP contribution >= 0.6 is 0 Å². The van der Waals surface area contributed by atoms with Crippen LogP contribution in [-0.4, -0.2) is 11.8 Å². The van der Waals surface area contributed by atoms with Crippen LogP contribution in [-0.2, 0) is 4.79 Å². The predicted octanol–water partition coefficient (Wildman–Crippen LogP) is 3.66. The van der Waals surface area contributed by atoms with E-state index in [2.05, 4.69) is 19.1 Å². The molecule has 0 aliphatic heterocycles. The van der Waals surface area contributed by atoms with E-state index in [1.807, 2.05) is 25.1 Å². The zero-order chi connectivity index (χ0) is 13.4. The molecule has 0 radical (unpaired) electrons. The number of rotatable bonds is 2. The third-order valence-corrected chi connectivity index (χ3v) is 3.40. The summed E-state index contributed by atoms with van der Waals surface area (Å²) in [5.74, 6) is 0.618. The Hall–Kier alpha value is -1.15. The summed E-state index contributed by atoms with van der Waals surface area (Å²) in [6.07, 6.45) is 5.19. The van der Waals surface area contributed by atoms with Crippen molar-refractivity contribution in [2.24, 2.45) is 5.73 Å². The first-order chi connectivity index (χ1) is 8.65. The van der Waals surface area contributed by atoms with E-state index in [1.54, 1.807) is 0 Å². The standard InChI is InChI=1S/C12H14O.C4H11N/c13-12-9-5-4-8-11(12)10-6-2-1-3-7-10;1-3-4(2)5/h1-3,6-7,11H,4-5,8-9H2;4H,3,5H2,1-2H3. The molecule has 2 N–H and O–H groups in total. The lowest BCUT2D eigenvalue weighted by molar-refractivity contribution is -0.121. The van der Waals surface area contributed by atoms with E-state index in [9.17, 15) is 4.79 Å². The highest BCUT2D eigenvalue weighted by Crippen LogP contribution is 2.29. The Bertz CT molecular complexity index is 345. The van der Waals surface area contributed by atoms with Crippen molar-refractivity contribution in [3.8, 4) is 0 Å². The molecule has 0 spiro atoms. The van der Waals surface area contributed by atoms with Crippen LogP contribution in [0, 0.1) is 0 Å². The summed E-state index contributed by atoms with van der Waals surface area (Å²) in [5, 5.41) is 0. The second-order valence-corrected chi connectivity index (χ2v) is 5.06. The molecule has 1 aliphatic carbocycles. The lowest BCUT2D eigenvalue weighted by Crippen LogP contribution is -2.16. The normalized spacial score (nSPS) is 20.8. The highest BCUT2D eigenvalue weighted by Gasteiger charge is 2.22. The van der Waals surface area contributed by atoms with E-state index < -0.39 is 0 Å². The lowest BCUT2D eigenvalue weighted by atomic mass is 9.83. The SMILES string of the molecule is CCC(C)N.O=C1CCCCC1c1ccccc1. The molecule has 0 amide bonds. The van der Waals surface area contributed by atoms with E-state index in [-0.39, 0.29) is 5.92 Å². The summed E-state index contributed by atoms with van der Waals surface area (Å²) in [6, 6.07) is 10.5. The lowest BCUT2D eigenvalue weighted by Gasteiger charge is -2.20. The highest BCUT2D eigenvalue weighted by atomic mass is 16.1. The van der Waals surface area contributed by atoms with Crippen molar-refractivity contribution in [1.29, 1.82) is 0 Å². The number of carbonyl (C=O) groups excluding carboxylic acids is 1. The molecule has 2 unspecified atom stereocenters. The largest absolute Gasteiger partial charge is 0.328 e. The maximum Gasteiger partial charge on any atom is 0.140 e. The third kappa shape index (κ3) is 5.01. The van der Waals surface area contributed by atoms with Gasteiger partial charge in [0.05, 0.1) is 0 Å². The molecular weight excluding hydrogens is 222 g/mol. The molecule has 2 atom stereocenters. The number of hydrogen-bond donors (Lipinski definition) is 1. The first-order valence-corrected chi connectivity index (χ1v) is 6.98. The molecule has 2 rings (SSSR count). The molecule has 2 heteroatoms. The van der Waals surface area contributed by atoms with Crippen LogP contribution in [0.25, 0.3) is 0 Å². The molecule has 1 fully saturated rings. The molecule has 100 valence electrons. The minimum absolute atomic E-state index is 0.190. The summed E-state index contributed by atoms with van der Waals surface area (Å²) >= 11 is 0. The highest BCUT2D eigenvalue weighted by molar-refractivity contribution is 5.86. The molecule has 2 nitrogen and oxygen atoms in total. The summed E-state index contributed by atoms with van der Waals surface area (Å²) in [4.78, 5) is 11.6. The van der Waals surface area contributed by atoms with E-state index in [1.165, 1.54) is 12.0 Å². The molecule has 0 aromatic heterocycles. The average Bonchev–Trinajstić information content (AvgIpc) is 2.41. The topological polar surface area (TPSA) is 43.1 Å². The van der Waals surface area contributed by atoms with Gasteiger partial charge in [0, 0.05) is 18.4 Å². The zero-order valence-corrected chi connectivity index (χ0v) is 11.6. The maximum atomic E-state index is 11.6. The van der Waals surface area contributed by atoms with Crippen LogP contribution in [0.4, 0.5) is 0 Å². The van der Waals surface area contributed by atoms with Gasteiger partial charge in [-0.25, -0.2) is 0 Å². The first kappa shape index (κ1) is 14.9. The quantitative estimate of drug-likeness (QED) is 0.866. The van der Waals surface area contributed by atoms with Gasteiger partial charge in [-0.2, -0.15) is 0 Å². The van der Waals surface area contributed by atoms with Gasteiger partial charge in [0.1, 0.15) is 5.78 Å².